The van der Waals surface area contributed by atoms with Crippen LogP contribution < -0.4 is 0 Å². The van der Waals surface area contributed by atoms with Gasteiger partial charge in [-0.3, -0.25) is 0 Å². The summed E-state index contributed by atoms with van der Waals surface area (Å²) >= 11 is -0.505. The Kier molecular flexibility index (Phi) is 4.04. The molecule has 0 aromatic rings. The van der Waals surface area contributed by atoms with Gasteiger partial charge in [0.05, 0.1) is 0 Å². The van der Waals surface area contributed by atoms with Crippen molar-refractivity contribution in [3.8, 4) is 0 Å². The summed E-state index contributed by atoms with van der Waals surface area (Å²) in [5.41, 5.74) is 0. The molecule has 0 amide bonds. The number of hydrogen-bond acceptors (Lipinski definition) is 4. The topological polar surface area (TPSA) is 68.3 Å². The van der Waals surface area contributed by atoms with Crippen LogP contribution in [0.15, 0.2) is 45.4 Å². The van der Waals surface area contributed by atoms with Gasteiger partial charge in [0.1, 0.15) is 0 Å². The standard InChI is InChI=1S/C12H6O4Se2/c13-7-1-3-9(15)11(5-7)17-18-12-6-8(14)2-4-10(12)16/h1-6H. The van der Waals surface area contributed by atoms with E-state index in [9.17, 15) is 19.2 Å². The van der Waals surface area contributed by atoms with Crippen LogP contribution in [0.25, 0.3) is 0 Å². The van der Waals surface area contributed by atoms with E-state index in [1.165, 1.54) is 36.5 Å². The zero-order chi connectivity index (χ0) is 13.1. The molecule has 0 heterocycles. The Balaban J connectivity index is 2.04. The number of carbonyl (C=O) groups excluding carboxylic acids is 4. The van der Waals surface area contributed by atoms with Crippen molar-refractivity contribution < 1.29 is 19.2 Å². The van der Waals surface area contributed by atoms with Crippen LogP contribution in [0.5, 0.6) is 0 Å². The monoisotopic (exact) mass is 374 g/mol. The van der Waals surface area contributed by atoms with Gasteiger partial charge in [0.15, 0.2) is 0 Å². The fourth-order valence-electron chi connectivity index (χ4n) is 1.20. The van der Waals surface area contributed by atoms with E-state index in [-0.39, 0.29) is 49.4 Å². The van der Waals surface area contributed by atoms with E-state index in [4.69, 9.17) is 0 Å². The molecule has 2 aliphatic rings. The fourth-order valence-corrected chi connectivity index (χ4v) is 7.69. The maximum atomic E-state index is 11.5. The average molecular weight is 372 g/mol. The molecule has 0 bridgehead atoms. The molecule has 2 aliphatic carbocycles. The van der Waals surface area contributed by atoms with Crippen LogP contribution in [-0.4, -0.2) is 49.4 Å². The van der Waals surface area contributed by atoms with Crippen molar-refractivity contribution in [2.24, 2.45) is 0 Å². The number of ketones is 4. The number of carbonyl (C=O) groups is 4. The van der Waals surface area contributed by atoms with Crippen LogP contribution >= 0.6 is 0 Å². The van der Waals surface area contributed by atoms with E-state index >= 15 is 0 Å². The molecular weight excluding hydrogens is 366 g/mol. The first-order valence-corrected chi connectivity index (χ1v) is 10.9. The van der Waals surface area contributed by atoms with E-state index in [2.05, 4.69) is 0 Å². The molecule has 0 spiro atoms. The number of rotatable bonds is 3. The Bertz CT molecular complexity index is 527. The Morgan fingerprint density at radius 1 is 0.611 bits per heavy atom. The van der Waals surface area contributed by atoms with E-state index in [1.807, 2.05) is 0 Å². The van der Waals surface area contributed by atoms with E-state index in [1.54, 1.807) is 0 Å². The summed E-state index contributed by atoms with van der Waals surface area (Å²) in [6, 6.07) is 0. The van der Waals surface area contributed by atoms with Gasteiger partial charge >= 0.3 is 114 Å². The predicted octanol–water partition coefficient (Wildman–Crippen LogP) is -0.506. The van der Waals surface area contributed by atoms with Gasteiger partial charge in [0.25, 0.3) is 0 Å². The molecule has 0 aromatic heterocycles. The van der Waals surface area contributed by atoms with Crippen molar-refractivity contribution in [3.63, 3.8) is 0 Å². The Hall–Kier alpha value is -1.32. The summed E-state index contributed by atoms with van der Waals surface area (Å²) in [5.74, 6) is -0.770. The van der Waals surface area contributed by atoms with Crippen LogP contribution in [0.4, 0.5) is 0 Å². The van der Waals surface area contributed by atoms with E-state index in [0.717, 1.165) is 0 Å². The third-order valence-electron chi connectivity index (χ3n) is 2.05. The second-order valence-corrected chi connectivity index (χ2v) is 9.56. The first kappa shape index (κ1) is 13.1. The minimum atomic E-state index is -0.253. The van der Waals surface area contributed by atoms with Crippen LogP contribution in [0.2, 0.25) is 0 Å². The summed E-state index contributed by atoms with van der Waals surface area (Å²) in [6.45, 7) is 0. The number of allylic oxidation sites excluding steroid dienone is 8. The Morgan fingerprint density at radius 2 is 1.00 bits per heavy atom. The fraction of sp³-hybridized carbons (Fsp3) is 0. The summed E-state index contributed by atoms with van der Waals surface area (Å²) < 4.78 is 0.927. The van der Waals surface area contributed by atoms with Gasteiger partial charge in [-0.15, -0.1) is 0 Å². The van der Waals surface area contributed by atoms with Crippen LogP contribution in [-0.2, 0) is 19.2 Å². The van der Waals surface area contributed by atoms with Crippen LogP contribution in [0.1, 0.15) is 0 Å². The predicted molar refractivity (Wildman–Crippen MR) is 66.0 cm³/mol. The molecule has 18 heavy (non-hydrogen) atoms. The average Bonchev–Trinajstić information content (AvgIpc) is 2.34. The van der Waals surface area contributed by atoms with Gasteiger partial charge in [-0.2, -0.15) is 0 Å². The molecule has 6 heteroatoms. The van der Waals surface area contributed by atoms with Gasteiger partial charge in [-0.05, 0) is 0 Å². The molecule has 0 aliphatic heterocycles. The zero-order valence-electron chi connectivity index (χ0n) is 8.91. The van der Waals surface area contributed by atoms with Gasteiger partial charge < -0.3 is 0 Å². The van der Waals surface area contributed by atoms with Crippen molar-refractivity contribution in [3.05, 3.63) is 45.4 Å². The molecule has 0 N–H and O–H groups in total. The number of hydrogen-bond donors (Lipinski definition) is 0. The van der Waals surface area contributed by atoms with Crippen molar-refractivity contribution in [1.82, 2.24) is 0 Å². The van der Waals surface area contributed by atoms with Crippen molar-refractivity contribution in [2.45, 2.75) is 0 Å². The molecule has 0 unspecified atom stereocenters. The molecule has 4 nitrogen and oxygen atoms in total. The second-order valence-electron chi connectivity index (χ2n) is 3.38. The zero-order valence-corrected chi connectivity index (χ0v) is 12.3. The normalized spacial score (nSPS) is 19.1. The molecule has 2 rings (SSSR count). The summed E-state index contributed by atoms with van der Waals surface area (Å²) in [4.78, 5) is 45.3. The van der Waals surface area contributed by atoms with Crippen molar-refractivity contribution >= 4 is 49.4 Å². The molecule has 0 fully saturated rings. The van der Waals surface area contributed by atoms with E-state index in [0.29, 0.717) is 8.94 Å². The Morgan fingerprint density at radius 3 is 1.39 bits per heavy atom. The van der Waals surface area contributed by atoms with Crippen molar-refractivity contribution in [1.29, 1.82) is 0 Å². The van der Waals surface area contributed by atoms with Gasteiger partial charge in [-0.1, -0.05) is 0 Å². The quantitative estimate of drug-likeness (QED) is 0.495. The summed E-state index contributed by atoms with van der Waals surface area (Å²) in [7, 11) is 0. The maximum absolute atomic E-state index is 11.5. The van der Waals surface area contributed by atoms with Gasteiger partial charge in [0, 0.05) is 0 Å². The second kappa shape index (κ2) is 5.55. The van der Waals surface area contributed by atoms with Gasteiger partial charge in [-0.25, -0.2) is 0 Å². The van der Waals surface area contributed by atoms with Crippen LogP contribution in [0, 0.1) is 0 Å². The third-order valence-corrected chi connectivity index (χ3v) is 9.14. The molecule has 0 radical (unpaired) electrons. The third kappa shape index (κ3) is 3.12. The molecule has 0 atom stereocenters. The summed E-state index contributed by atoms with van der Waals surface area (Å²) in [6.07, 6.45) is 7.58. The molecule has 0 saturated carbocycles. The molecule has 0 saturated heterocycles. The van der Waals surface area contributed by atoms with Crippen molar-refractivity contribution in [2.75, 3.05) is 0 Å². The summed E-state index contributed by atoms with van der Waals surface area (Å²) in [5, 5.41) is 0. The SMILES string of the molecule is O=C1C=CC(=O)C([Se][Se]C2=CC(=O)C=CC2=O)=C1. The molecular formula is C12H6O4Se2. The Labute approximate surface area is 114 Å². The molecule has 90 valence electrons. The first-order chi connectivity index (χ1) is 8.56. The molecule has 0 aromatic carbocycles. The van der Waals surface area contributed by atoms with Gasteiger partial charge in [0.2, 0.25) is 0 Å². The minimum absolute atomic E-state index is 0.179. The van der Waals surface area contributed by atoms with E-state index < -0.39 is 0 Å². The van der Waals surface area contributed by atoms with Crippen LogP contribution in [0.3, 0.4) is 0 Å². The first-order valence-electron chi connectivity index (χ1n) is 4.87.